The zero-order valence-electron chi connectivity index (χ0n) is 12.6. The van der Waals surface area contributed by atoms with Gasteiger partial charge in [-0.25, -0.2) is 0 Å². The molecule has 2 nitrogen and oxygen atoms in total. The number of amides is 1. The quantitative estimate of drug-likeness (QED) is 0.851. The molecule has 0 spiro atoms. The molecule has 0 aliphatic heterocycles. The summed E-state index contributed by atoms with van der Waals surface area (Å²) in [5.41, 5.74) is 2.19. The molecule has 2 aromatic carbocycles. The van der Waals surface area contributed by atoms with Crippen molar-refractivity contribution >= 4 is 17.5 Å². The van der Waals surface area contributed by atoms with Crippen molar-refractivity contribution in [3.63, 3.8) is 0 Å². The van der Waals surface area contributed by atoms with E-state index in [1.165, 1.54) is 0 Å². The van der Waals surface area contributed by atoms with E-state index >= 15 is 0 Å². The second-order valence-electron chi connectivity index (χ2n) is 6.01. The van der Waals surface area contributed by atoms with Gasteiger partial charge in [0.2, 0.25) is 5.91 Å². The molecule has 1 aliphatic carbocycles. The van der Waals surface area contributed by atoms with E-state index in [0.29, 0.717) is 10.9 Å². The Bertz CT molecular complexity index is 634. The zero-order chi connectivity index (χ0) is 15.5. The zero-order valence-corrected chi connectivity index (χ0v) is 13.4. The smallest absolute Gasteiger partial charge is 0.228 e. The average molecular weight is 314 g/mol. The predicted molar refractivity (Wildman–Crippen MR) is 89.9 cm³/mol. The van der Waals surface area contributed by atoms with Crippen molar-refractivity contribution in [2.24, 2.45) is 5.92 Å². The fraction of sp³-hybridized carbons (Fsp3) is 0.316. The highest BCUT2D eigenvalue weighted by atomic mass is 35.5. The first-order valence-corrected chi connectivity index (χ1v) is 8.14. The largest absolute Gasteiger partial charge is 0.349 e. The van der Waals surface area contributed by atoms with E-state index in [0.717, 1.165) is 24.0 Å². The number of rotatable bonds is 5. The molecule has 3 rings (SSSR count). The minimum Gasteiger partial charge on any atom is -0.349 e. The molecule has 1 saturated carbocycles. The summed E-state index contributed by atoms with van der Waals surface area (Å²) in [7, 11) is 0. The second-order valence-corrected chi connectivity index (χ2v) is 6.44. The Morgan fingerprint density at radius 2 is 1.68 bits per heavy atom. The first-order chi connectivity index (χ1) is 10.6. The monoisotopic (exact) mass is 313 g/mol. The lowest BCUT2D eigenvalue weighted by Gasteiger charge is -2.21. The lowest BCUT2D eigenvalue weighted by Crippen LogP contribution is -2.32. The van der Waals surface area contributed by atoms with E-state index in [4.69, 9.17) is 11.6 Å². The first-order valence-electron chi connectivity index (χ1n) is 7.76. The number of nitrogens with one attached hydrogen (secondary N) is 1. The molecule has 1 fully saturated rings. The van der Waals surface area contributed by atoms with E-state index in [9.17, 15) is 4.79 Å². The highest BCUT2D eigenvalue weighted by Gasteiger charge is 2.37. The van der Waals surface area contributed by atoms with Gasteiger partial charge in [0.05, 0.1) is 12.0 Å². The number of benzene rings is 2. The summed E-state index contributed by atoms with van der Waals surface area (Å²) in [6.45, 7) is 2.03. The van der Waals surface area contributed by atoms with Crippen LogP contribution in [0.3, 0.4) is 0 Å². The van der Waals surface area contributed by atoms with Crippen molar-refractivity contribution in [3.05, 3.63) is 70.7 Å². The van der Waals surface area contributed by atoms with Crippen LogP contribution in [-0.4, -0.2) is 5.91 Å². The van der Waals surface area contributed by atoms with Crippen molar-refractivity contribution in [3.8, 4) is 0 Å². The maximum absolute atomic E-state index is 12.7. The van der Waals surface area contributed by atoms with Crippen LogP contribution >= 0.6 is 11.6 Å². The van der Waals surface area contributed by atoms with Crippen LogP contribution in [0.25, 0.3) is 0 Å². The van der Waals surface area contributed by atoms with Crippen molar-refractivity contribution < 1.29 is 4.79 Å². The minimum absolute atomic E-state index is 0.0160. The van der Waals surface area contributed by atoms with Gasteiger partial charge in [0.25, 0.3) is 0 Å². The van der Waals surface area contributed by atoms with Gasteiger partial charge in [-0.2, -0.15) is 0 Å². The van der Waals surface area contributed by atoms with Gasteiger partial charge in [0, 0.05) is 5.02 Å². The molecule has 114 valence electrons. The van der Waals surface area contributed by atoms with Crippen LogP contribution in [0.2, 0.25) is 5.02 Å². The SMILES string of the molecule is CC(NC(=O)C(c1ccc(Cl)cc1)C1CC1)c1ccccc1. The Morgan fingerprint density at radius 3 is 2.27 bits per heavy atom. The molecule has 1 aliphatic rings. The van der Waals surface area contributed by atoms with Gasteiger partial charge in [-0.3, -0.25) is 4.79 Å². The van der Waals surface area contributed by atoms with Crippen molar-refractivity contribution in [1.29, 1.82) is 0 Å². The molecule has 22 heavy (non-hydrogen) atoms. The number of halogens is 1. The van der Waals surface area contributed by atoms with E-state index in [-0.39, 0.29) is 17.9 Å². The molecule has 1 N–H and O–H groups in total. The fourth-order valence-electron chi connectivity index (χ4n) is 2.87. The third-order valence-corrected chi connectivity index (χ3v) is 4.52. The maximum Gasteiger partial charge on any atom is 0.228 e. The molecular weight excluding hydrogens is 294 g/mol. The van der Waals surface area contributed by atoms with Crippen LogP contribution in [0.1, 0.15) is 42.9 Å². The van der Waals surface area contributed by atoms with Gasteiger partial charge in [0.1, 0.15) is 0 Å². The number of hydrogen-bond donors (Lipinski definition) is 1. The molecule has 1 amide bonds. The summed E-state index contributed by atoms with van der Waals surface area (Å²) in [5.74, 6) is 0.508. The van der Waals surface area contributed by atoms with Crippen LogP contribution in [0.4, 0.5) is 0 Å². The van der Waals surface area contributed by atoms with E-state index in [1.54, 1.807) is 0 Å². The Labute approximate surface area is 136 Å². The normalized spacial score (nSPS) is 16.8. The molecule has 0 heterocycles. The molecule has 0 aromatic heterocycles. The van der Waals surface area contributed by atoms with E-state index in [2.05, 4.69) is 5.32 Å². The van der Waals surface area contributed by atoms with Gasteiger partial charge in [-0.05, 0) is 48.9 Å². The Hall–Kier alpha value is -1.80. The lowest BCUT2D eigenvalue weighted by atomic mass is 9.92. The van der Waals surface area contributed by atoms with Crippen LogP contribution < -0.4 is 5.32 Å². The summed E-state index contributed by atoms with van der Waals surface area (Å²) in [6, 6.07) is 17.7. The highest BCUT2D eigenvalue weighted by Crippen LogP contribution is 2.43. The van der Waals surface area contributed by atoms with Gasteiger partial charge < -0.3 is 5.32 Å². The Kier molecular flexibility index (Phi) is 4.49. The molecule has 2 atom stereocenters. The van der Waals surface area contributed by atoms with Gasteiger partial charge in [-0.1, -0.05) is 54.1 Å². The minimum atomic E-state index is -0.0663. The summed E-state index contributed by atoms with van der Waals surface area (Å²) < 4.78 is 0. The van der Waals surface area contributed by atoms with Crippen molar-refractivity contribution in [2.75, 3.05) is 0 Å². The van der Waals surface area contributed by atoms with Crippen LogP contribution in [-0.2, 0) is 4.79 Å². The highest BCUT2D eigenvalue weighted by molar-refractivity contribution is 6.30. The topological polar surface area (TPSA) is 29.1 Å². The third kappa shape index (κ3) is 3.50. The summed E-state index contributed by atoms with van der Waals surface area (Å²) in [6.07, 6.45) is 2.25. The summed E-state index contributed by atoms with van der Waals surface area (Å²) in [4.78, 5) is 12.7. The number of carbonyl (C=O) groups is 1. The first kappa shape index (κ1) is 15.1. The van der Waals surface area contributed by atoms with Crippen LogP contribution in [0, 0.1) is 5.92 Å². The molecule has 0 saturated heterocycles. The molecule has 3 heteroatoms. The van der Waals surface area contributed by atoms with Gasteiger partial charge >= 0.3 is 0 Å². The van der Waals surface area contributed by atoms with E-state index < -0.39 is 0 Å². The summed E-state index contributed by atoms with van der Waals surface area (Å²) >= 11 is 5.95. The standard InChI is InChI=1S/C19H20ClNO/c1-13(14-5-3-2-4-6-14)21-19(22)18(15-7-8-15)16-9-11-17(20)12-10-16/h2-6,9-13,15,18H,7-8H2,1H3,(H,21,22). The van der Waals surface area contributed by atoms with Gasteiger partial charge in [0.15, 0.2) is 0 Å². The molecular formula is C19H20ClNO. The van der Waals surface area contributed by atoms with E-state index in [1.807, 2.05) is 61.5 Å². The Balaban J connectivity index is 1.74. The second kappa shape index (κ2) is 6.53. The van der Waals surface area contributed by atoms with Crippen LogP contribution in [0.5, 0.6) is 0 Å². The van der Waals surface area contributed by atoms with Gasteiger partial charge in [-0.15, -0.1) is 0 Å². The lowest BCUT2D eigenvalue weighted by molar-refractivity contribution is -0.123. The van der Waals surface area contributed by atoms with Crippen LogP contribution in [0.15, 0.2) is 54.6 Å². The van der Waals surface area contributed by atoms with Crippen molar-refractivity contribution in [2.45, 2.75) is 31.7 Å². The molecule has 0 bridgehead atoms. The molecule has 2 aromatic rings. The third-order valence-electron chi connectivity index (χ3n) is 4.26. The number of hydrogen-bond acceptors (Lipinski definition) is 1. The predicted octanol–water partition coefficient (Wildman–Crippen LogP) is 4.71. The molecule has 0 radical (unpaired) electrons. The summed E-state index contributed by atoms with van der Waals surface area (Å²) in [5, 5.41) is 3.86. The Morgan fingerprint density at radius 1 is 1.05 bits per heavy atom. The number of carbonyl (C=O) groups excluding carboxylic acids is 1. The average Bonchev–Trinajstić information content (AvgIpc) is 3.35. The molecule has 2 unspecified atom stereocenters. The fourth-order valence-corrected chi connectivity index (χ4v) is 2.99. The van der Waals surface area contributed by atoms with Crippen molar-refractivity contribution in [1.82, 2.24) is 5.32 Å². The maximum atomic E-state index is 12.7.